The molecule has 1 aromatic carbocycles. The van der Waals surface area contributed by atoms with E-state index < -0.39 is 4.92 Å². The molecule has 7 nitrogen and oxygen atoms in total. The summed E-state index contributed by atoms with van der Waals surface area (Å²) >= 11 is 0. The molecule has 0 atom stereocenters. The van der Waals surface area contributed by atoms with Crippen LogP contribution in [0, 0.1) is 10.1 Å². The van der Waals surface area contributed by atoms with Gasteiger partial charge in [-0.3, -0.25) is 14.9 Å². The van der Waals surface area contributed by atoms with Crippen molar-refractivity contribution in [2.75, 3.05) is 5.32 Å². The molecule has 0 radical (unpaired) electrons. The van der Waals surface area contributed by atoms with Crippen LogP contribution in [0.4, 0.5) is 11.4 Å². The highest BCUT2D eigenvalue weighted by molar-refractivity contribution is 5.90. The van der Waals surface area contributed by atoms with Gasteiger partial charge in [-0.25, -0.2) is 4.98 Å². The lowest BCUT2D eigenvalue weighted by Crippen LogP contribution is -2.13. The summed E-state index contributed by atoms with van der Waals surface area (Å²) < 4.78 is 1.80. The van der Waals surface area contributed by atoms with E-state index in [1.165, 1.54) is 24.3 Å². The highest BCUT2D eigenvalue weighted by atomic mass is 16.6. The first kappa shape index (κ1) is 12.7. The van der Waals surface area contributed by atoms with Crippen LogP contribution in [0.5, 0.6) is 0 Å². The Morgan fingerprint density at radius 2 is 2.11 bits per heavy atom. The number of hydrogen-bond acceptors (Lipinski definition) is 4. The Labute approximate surface area is 109 Å². The average Bonchev–Trinajstić information content (AvgIpc) is 2.90. The average molecular weight is 260 g/mol. The Kier molecular flexibility index (Phi) is 3.87. The minimum atomic E-state index is -0.482. The van der Waals surface area contributed by atoms with E-state index in [2.05, 4.69) is 10.3 Å². The standard InChI is InChI=1S/C12H12N4O3/c17-12(5-7-15-8-6-13-9-15)14-10-1-3-11(4-2-10)16(18)19/h1-4,6,8-9H,5,7H2,(H,14,17). The third-order valence-electron chi connectivity index (χ3n) is 2.52. The van der Waals surface area contributed by atoms with Crippen LogP contribution in [-0.4, -0.2) is 20.4 Å². The van der Waals surface area contributed by atoms with Crippen LogP contribution in [0.15, 0.2) is 43.0 Å². The van der Waals surface area contributed by atoms with Crippen LogP contribution in [-0.2, 0) is 11.3 Å². The highest BCUT2D eigenvalue weighted by Crippen LogP contribution is 2.15. The number of anilines is 1. The fourth-order valence-electron chi connectivity index (χ4n) is 1.54. The van der Waals surface area contributed by atoms with Crippen molar-refractivity contribution in [2.45, 2.75) is 13.0 Å². The van der Waals surface area contributed by atoms with Gasteiger partial charge < -0.3 is 9.88 Å². The fourth-order valence-corrected chi connectivity index (χ4v) is 1.54. The summed E-state index contributed by atoms with van der Waals surface area (Å²) in [6, 6.07) is 5.72. The second kappa shape index (κ2) is 5.76. The van der Waals surface area contributed by atoms with Gasteiger partial charge in [-0.2, -0.15) is 0 Å². The van der Waals surface area contributed by atoms with Crippen molar-refractivity contribution in [3.63, 3.8) is 0 Å². The number of rotatable bonds is 5. The molecule has 0 fully saturated rings. The fraction of sp³-hybridized carbons (Fsp3) is 0.167. The van der Waals surface area contributed by atoms with Gasteiger partial charge in [-0.15, -0.1) is 0 Å². The van der Waals surface area contributed by atoms with Crippen LogP contribution < -0.4 is 5.32 Å². The maximum atomic E-state index is 11.6. The summed E-state index contributed by atoms with van der Waals surface area (Å²) in [6.07, 6.45) is 5.37. The van der Waals surface area contributed by atoms with Crippen LogP contribution >= 0.6 is 0 Å². The first-order valence-electron chi connectivity index (χ1n) is 5.65. The van der Waals surface area contributed by atoms with Gasteiger partial charge >= 0.3 is 0 Å². The number of hydrogen-bond donors (Lipinski definition) is 1. The molecule has 98 valence electrons. The summed E-state index contributed by atoms with van der Waals surface area (Å²) in [7, 11) is 0. The zero-order valence-corrected chi connectivity index (χ0v) is 10.0. The molecule has 0 bridgehead atoms. The second-order valence-electron chi connectivity index (χ2n) is 3.90. The van der Waals surface area contributed by atoms with Crippen LogP contribution in [0.2, 0.25) is 0 Å². The number of nitrogens with one attached hydrogen (secondary N) is 1. The summed E-state index contributed by atoms with van der Waals surface area (Å²) in [5, 5.41) is 13.2. The molecule has 2 aromatic rings. The van der Waals surface area contributed by atoms with Gasteiger partial charge in [0, 0.05) is 43.2 Å². The number of nitro groups is 1. The van der Waals surface area contributed by atoms with Crippen molar-refractivity contribution in [3.05, 3.63) is 53.1 Å². The number of benzene rings is 1. The number of nitrogens with zero attached hydrogens (tertiary/aromatic N) is 3. The molecule has 1 N–H and O–H groups in total. The Balaban J connectivity index is 1.86. The van der Waals surface area contributed by atoms with Gasteiger partial charge in [-0.1, -0.05) is 0 Å². The molecular formula is C12H12N4O3. The molecule has 7 heteroatoms. The predicted octanol–water partition coefficient (Wildman–Crippen LogP) is 1.82. The van der Waals surface area contributed by atoms with Gasteiger partial charge in [0.2, 0.25) is 5.91 Å². The highest BCUT2D eigenvalue weighted by Gasteiger charge is 2.06. The first-order valence-corrected chi connectivity index (χ1v) is 5.65. The van der Waals surface area contributed by atoms with Crippen molar-refractivity contribution in [1.29, 1.82) is 0 Å². The molecule has 2 rings (SSSR count). The van der Waals surface area contributed by atoms with Crippen molar-refractivity contribution in [1.82, 2.24) is 9.55 Å². The zero-order chi connectivity index (χ0) is 13.7. The Morgan fingerprint density at radius 3 is 2.68 bits per heavy atom. The normalized spacial score (nSPS) is 10.1. The summed E-state index contributed by atoms with van der Waals surface area (Å²) in [6.45, 7) is 0.540. The zero-order valence-electron chi connectivity index (χ0n) is 10.0. The SMILES string of the molecule is O=C(CCn1ccnc1)Nc1ccc([N+](=O)[O-])cc1. The molecule has 19 heavy (non-hydrogen) atoms. The molecule has 0 saturated heterocycles. The lowest BCUT2D eigenvalue weighted by molar-refractivity contribution is -0.384. The van der Waals surface area contributed by atoms with E-state index in [4.69, 9.17) is 0 Å². The van der Waals surface area contributed by atoms with E-state index in [1.54, 1.807) is 23.3 Å². The summed E-state index contributed by atoms with van der Waals surface area (Å²) in [4.78, 5) is 25.5. The number of carbonyl (C=O) groups excluding carboxylic acids is 1. The summed E-state index contributed by atoms with van der Waals surface area (Å²) in [5.41, 5.74) is 0.539. The Morgan fingerprint density at radius 1 is 1.37 bits per heavy atom. The number of imidazole rings is 1. The van der Waals surface area contributed by atoms with E-state index in [0.717, 1.165) is 0 Å². The first-order chi connectivity index (χ1) is 9.15. The quantitative estimate of drug-likeness (QED) is 0.655. The van der Waals surface area contributed by atoms with Crippen molar-refractivity contribution in [3.8, 4) is 0 Å². The molecule has 0 spiro atoms. The lowest BCUT2D eigenvalue weighted by atomic mass is 10.2. The molecule has 1 aromatic heterocycles. The van der Waals surface area contributed by atoms with E-state index >= 15 is 0 Å². The minimum absolute atomic E-state index is 0.00332. The van der Waals surface area contributed by atoms with Gasteiger partial charge in [0.05, 0.1) is 11.3 Å². The van der Waals surface area contributed by atoms with Crippen LogP contribution in [0.25, 0.3) is 0 Å². The summed E-state index contributed by atoms with van der Waals surface area (Å²) in [5.74, 6) is -0.150. The molecule has 1 amide bonds. The number of aryl methyl sites for hydroxylation is 1. The van der Waals surface area contributed by atoms with E-state index in [1.807, 2.05) is 0 Å². The minimum Gasteiger partial charge on any atom is -0.337 e. The Bertz CT molecular complexity index is 563. The number of nitro benzene ring substituents is 1. The van der Waals surface area contributed by atoms with Gasteiger partial charge in [0.15, 0.2) is 0 Å². The number of aromatic nitrogens is 2. The molecule has 0 aliphatic rings. The monoisotopic (exact) mass is 260 g/mol. The third kappa shape index (κ3) is 3.63. The topological polar surface area (TPSA) is 90.1 Å². The Hall–Kier alpha value is -2.70. The van der Waals surface area contributed by atoms with E-state index in [9.17, 15) is 14.9 Å². The van der Waals surface area contributed by atoms with Crippen LogP contribution in [0.3, 0.4) is 0 Å². The maximum absolute atomic E-state index is 11.6. The van der Waals surface area contributed by atoms with Crippen molar-refractivity contribution < 1.29 is 9.72 Å². The molecule has 0 unspecified atom stereocenters. The number of carbonyl (C=O) groups is 1. The lowest BCUT2D eigenvalue weighted by Gasteiger charge is -2.05. The number of amides is 1. The van der Waals surface area contributed by atoms with Gasteiger partial charge in [0.1, 0.15) is 0 Å². The molecule has 0 aliphatic carbocycles. The molecule has 0 saturated carbocycles. The smallest absolute Gasteiger partial charge is 0.269 e. The second-order valence-corrected chi connectivity index (χ2v) is 3.90. The van der Waals surface area contributed by atoms with Gasteiger partial charge in [0.25, 0.3) is 5.69 Å². The molecular weight excluding hydrogens is 248 g/mol. The predicted molar refractivity (Wildman–Crippen MR) is 68.6 cm³/mol. The third-order valence-corrected chi connectivity index (χ3v) is 2.52. The largest absolute Gasteiger partial charge is 0.337 e. The van der Waals surface area contributed by atoms with E-state index in [0.29, 0.717) is 18.7 Å². The van der Waals surface area contributed by atoms with Gasteiger partial charge in [-0.05, 0) is 12.1 Å². The van der Waals surface area contributed by atoms with E-state index in [-0.39, 0.29) is 11.6 Å². The van der Waals surface area contributed by atoms with Crippen LogP contribution in [0.1, 0.15) is 6.42 Å². The number of non-ortho nitro benzene ring substituents is 1. The molecule has 1 heterocycles. The molecule has 0 aliphatic heterocycles. The maximum Gasteiger partial charge on any atom is 0.269 e. The van der Waals surface area contributed by atoms with Crippen molar-refractivity contribution in [2.24, 2.45) is 0 Å². The van der Waals surface area contributed by atoms with Crippen molar-refractivity contribution >= 4 is 17.3 Å².